The van der Waals surface area contributed by atoms with Crippen molar-refractivity contribution in [2.45, 2.75) is 45.6 Å². The molecule has 2 heterocycles. The van der Waals surface area contributed by atoms with E-state index in [4.69, 9.17) is 4.98 Å². The molecule has 3 aromatic rings. The smallest absolute Gasteiger partial charge is 0.335 e. The van der Waals surface area contributed by atoms with Gasteiger partial charge in [0, 0.05) is 12.2 Å². The quantitative estimate of drug-likeness (QED) is 0.663. The van der Waals surface area contributed by atoms with E-state index in [9.17, 15) is 9.90 Å². The number of carboxylic acids is 1. The molecule has 0 aliphatic carbocycles. The topological polar surface area (TPSA) is 68.0 Å². The molecule has 0 amide bonds. The summed E-state index contributed by atoms with van der Waals surface area (Å²) < 4.78 is 2.25. The Balaban J connectivity index is 2.24. The van der Waals surface area contributed by atoms with Crippen LogP contribution >= 0.6 is 0 Å². The van der Waals surface area contributed by atoms with E-state index in [2.05, 4.69) is 23.4 Å². The first-order valence-electron chi connectivity index (χ1n) is 8.82. The lowest BCUT2D eigenvalue weighted by molar-refractivity contribution is 0.0697. The SMILES string of the molecule is CCCC(CCC)n1c(-c2ccccn2)nc2cc(C(=O)O)ccc21. The van der Waals surface area contributed by atoms with Crippen molar-refractivity contribution >= 4 is 17.0 Å². The average molecular weight is 337 g/mol. The number of pyridine rings is 1. The first-order valence-corrected chi connectivity index (χ1v) is 8.82. The Labute approximate surface area is 147 Å². The fourth-order valence-electron chi connectivity index (χ4n) is 3.35. The molecule has 5 heteroatoms. The van der Waals surface area contributed by atoms with Crippen molar-refractivity contribution < 1.29 is 9.90 Å². The predicted molar refractivity (Wildman–Crippen MR) is 98.8 cm³/mol. The van der Waals surface area contributed by atoms with Gasteiger partial charge < -0.3 is 9.67 Å². The summed E-state index contributed by atoms with van der Waals surface area (Å²) in [6, 6.07) is 11.3. The summed E-state index contributed by atoms with van der Waals surface area (Å²) >= 11 is 0. The molecule has 0 atom stereocenters. The molecule has 0 saturated heterocycles. The van der Waals surface area contributed by atoms with Gasteiger partial charge in [-0.1, -0.05) is 32.8 Å². The summed E-state index contributed by atoms with van der Waals surface area (Å²) in [5.74, 6) is -0.125. The van der Waals surface area contributed by atoms with Gasteiger partial charge in [-0.25, -0.2) is 9.78 Å². The van der Waals surface area contributed by atoms with E-state index in [1.165, 1.54) is 0 Å². The highest BCUT2D eigenvalue weighted by atomic mass is 16.4. The third-order valence-corrected chi connectivity index (χ3v) is 4.44. The first kappa shape index (κ1) is 17.1. The maximum absolute atomic E-state index is 11.3. The van der Waals surface area contributed by atoms with Gasteiger partial charge >= 0.3 is 5.97 Å². The van der Waals surface area contributed by atoms with Gasteiger partial charge in [0.05, 0.1) is 16.6 Å². The number of nitrogens with zero attached hydrogens (tertiary/aromatic N) is 3. The maximum Gasteiger partial charge on any atom is 0.335 e. The van der Waals surface area contributed by atoms with Crippen molar-refractivity contribution in [3.05, 3.63) is 48.2 Å². The monoisotopic (exact) mass is 337 g/mol. The molecule has 130 valence electrons. The number of aromatic nitrogens is 3. The number of rotatable bonds is 7. The summed E-state index contributed by atoms with van der Waals surface area (Å²) in [7, 11) is 0. The van der Waals surface area contributed by atoms with Gasteiger partial charge in [-0.3, -0.25) is 4.98 Å². The van der Waals surface area contributed by atoms with Crippen LogP contribution in [-0.2, 0) is 0 Å². The lowest BCUT2D eigenvalue weighted by Gasteiger charge is -2.21. The number of aromatic carboxylic acids is 1. The normalized spacial score (nSPS) is 11.3. The summed E-state index contributed by atoms with van der Waals surface area (Å²) in [5, 5.41) is 9.27. The molecular weight excluding hydrogens is 314 g/mol. The van der Waals surface area contributed by atoms with Crippen LogP contribution in [0.5, 0.6) is 0 Å². The molecule has 3 rings (SSSR count). The molecule has 0 radical (unpaired) electrons. The Hall–Kier alpha value is -2.69. The Morgan fingerprint density at radius 2 is 1.92 bits per heavy atom. The van der Waals surface area contributed by atoms with E-state index in [1.54, 1.807) is 18.3 Å². The van der Waals surface area contributed by atoms with Gasteiger partial charge in [0.1, 0.15) is 5.69 Å². The number of fused-ring (bicyclic) bond motifs is 1. The lowest BCUT2D eigenvalue weighted by atomic mass is 10.1. The molecule has 25 heavy (non-hydrogen) atoms. The minimum Gasteiger partial charge on any atom is -0.478 e. The van der Waals surface area contributed by atoms with Gasteiger partial charge in [0.15, 0.2) is 5.82 Å². The van der Waals surface area contributed by atoms with Gasteiger partial charge in [0.25, 0.3) is 0 Å². The van der Waals surface area contributed by atoms with Gasteiger partial charge in [-0.2, -0.15) is 0 Å². The maximum atomic E-state index is 11.3. The number of carboxylic acid groups (broad SMARTS) is 1. The number of carbonyl (C=O) groups is 1. The van der Waals surface area contributed by atoms with Crippen molar-refractivity contribution in [3.8, 4) is 11.5 Å². The molecule has 5 nitrogen and oxygen atoms in total. The largest absolute Gasteiger partial charge is 0.478 e. The minimum atomic E-state index is -0.936. The Morgan fingerprint density at radius 3 is 2.52 bits per heavy atom. The van der Waals surface area contributed by atoms with Crippen LogP contribution in [0.1, 0.15) is 55.9 Å². The average Bonchev–Trinajstić information content (AvgIpc) is 3.00. The van der Waals surface area contributed by atoms with Gasteiger partial charge in [0.2, 0.25) is 0 Å². The highest BCUT2D eigenvalue weighted by molar-refractivity contribution is 5.93. The fraction of sp³-hybridized carbons (Fsp3) is 0.350. The van der Waals surface area contributed by atoms with Crippen LogP contribution in [0.25, 0.3) is 22.6 Å². The third-order valence-electron chi connectivity index (χ3n) is 4.44. The number of benzene rings is 1. The Kier molecular flexibility index (Phi) is 5.12. The predicted octanol–water partition coefficient (Wildman–Crippen LogP) is 4.94. The molecule has 2 aromatic heterocycles. The zero-order valence-electron chi connectivity index (χ0n) is 14.6. The van der Waals surface area contributed by atoms with Crippen LogP contribution in [-0.4, -0.2) is 25.6 Å². The molecule has 0 saturated carbocycles. The second-order valence-corrected chi connectivity index (χ2v) is 6.26. The Morgan fingerprint density at radius 1 is 1.16 bits per heavy atom. The molecule has 0 fully saturated rings. The number of hydrogen-bond donors (Lipinski definition) is 1. The zero-order valence-corrected chi connectivity index (χ0v) is 14.6. The van der Waals surface area contributed by atoms with E-state index in [-0.39, 0.29) is 5.56 Å². The van der Waals surface area contributed by atoms with Crippen LogP contribution in [0.15, 0.2) is 42.6 Å². The van der Waals surface area contributed by atoms with Crippen LogP contribution in [0.3, 0.4) is 0 Å². The van der Waals surface area contributed by atoms with Gasteiger partial charge in [-0.15, -0.1) is 0 Å². The number of hydrogen-bond acceptors (Lipinski definition) is 3. The first-order chi connectivity index (χ1) is 12.2. The lowest BCUT2D eigenvalue weighted by Crippen LogP contribution is -2.11. The minimum absolute atomic E-state index is 0.257. The van der Waals surface area contributed by atoms with Crippen molar-refractivity contribution in [3.63, 3.8) is 0 Å². The summed E-state index contributed by atoms with van der Waals surface area (Å²) in [4.78, 5) is 20.5. The van der Waals surface area contributed by atoms with E-state index in [0.717, 1.165) is 42.7 Å². The summed E-state index contributed by atoms with van der Waals surface area (Å²) in [6.07, 6.45) is 6.04. The van der Waals surface area contributed by atoms with Crippen LogP contribution in [0.4, 0.5) is 0 Å². The summed E-state index contributed by atoms with van der Waals surface area (Å²) in [6.45, 7) is 4.37. The van der Waals surface area contributed by atoms with E-state index in [0.29, 0.717) is 11.6 Å². The number of imidazole rings is 1. The molecular formula is C20H23N3O2. The molecule has 0 spiro atoms. The van der Waals surface area contributed by atoms with Crippen molar-refractivity contribution in [1.29, 1.82) is 0 Å². The second kappa shape index (κ2) is 7.47. The molecule has 0 aliphatic heterocycles. The molecule has 0 aliphatic rings. The van der Waals surface area contributed by atoms with E-state index < -0.39 is 5.97 Å². The second-order valence-electron chi connectivity index (χ2n) is 6.26. The molecule has 0 unspecified atom stereocenters. The van der Waals surface area contributed by atoms with E-state index in [1.807, 2.05) is 24.3 Å². The fourth-order valence-corrected chi connectivity index (χ4v) is 3.35. The highest BCUT2D eigenvalue weighted by Gasteiger charge is 2.20. The van der Waals surface area contributed by atoms with Crippen molar-refractivity contribution in [2.75, 3.05) is 0 Å². The summed E-state index contributed by atoms with van der Waals surface area (Å²) in [5.41, 5.74) is 2.75. The van der Waals surface area contributed by atoms with Crippen molar-refractivity contribution in [2.24, 2.45) is 0 Å². The van der Waals surface area contributed by atoms with Gasteiger partial charge in [-0.05, 0) is 43.2 Å². The van der Waals surface area contributed by atoms with E-state index >= 15 is 0 Å². The molecule has 1 N–H and O–H groups in total. The van der Waals surface area contributed by atoms with Crippen molar-refractivity contribution in [1.82, 2.24) is 14.5 Å². The molecule has 1 aromatic carbocycles. The van der Waals surface area contributed by atoms with Crippen LogP contribution < -0.4 is 0 Å². The van der Waals surface area contributed by atoms with Crippen LogP contribution in [0.2, 0.25) is 0 Å². The molecule has 0 bridgehead atoms. The standard InChI is InChI=1S/C20H23N3O2/c1-3-7-15(8-4-2)23-18-11-10-14(20(24)25)13-17(18)22-19(23)16-9-5-6-12-21-16/h5-6,9-13,15H,3-4,7-8H2,1-2H3,(H,24,25). The zero-order chi connectivity index (χ0) is 17.8. The highest BCUT2D eigenvalue weighted by Crippen LogP contribution is 2.32. The van der Waals surface area contributed by atoms with Crippen LogP contribution in [0, 0.1) is 0 Å². The Bertz CT molecular complexity index is 865. The third kappa shape index (κ3) is 3.40.